The van der Waals surface area contributed by atoms with Gasteiger partial charge in [-0.15, -0.1) is 0 Å². The summed E-state index contributed by atoms with van der Waals surface area (Å²) < 4.78 is 16.9. The maximum atomic E-state index is 12.9. The van der Waals surface area contributed by atoms with Crippen LogP contribution in [-0.2, 0) is 28.6 Å². The first-order valence-corrected chi connectivity index (χ1v) is 29.1. The summed E-state index contributed by atoms with van der Waals surface area (Å²) in [4.78, 5) is 38.1. The number of hydrogen-bond donors (Lipinski definition) is 0. The summed E-state index contributed by atoms with van der Waals surface area (Å²) in [5, 5.41) is 0. The molecule has 0 fully saturated rings. The van der Waals surface area contributed by atoms with Crippen molar-refractivity contribution in [1.82, 2.24) is 0 Å². The molecule has 0 aromatic carbocycles. The molecule has 6 heteroatoms. The molecule has 0 spiro atoms. The number of carbonyl (C=O) groups excluding carboxylic acids is 3. The smallest absolute Gasteiger partial charge is 0.306 e. The summed E-state index contributed by atoms with van der Waals surface area (Å²) in [5.74, 6) is -0.881. The minimum atomic E-state index is -0.778. The van der Waals surface area contributed by atoms with Crippen molar-refractivity contribution in [2.45, 2.75) is 309 Å². The third kappa shape index (κ3) is 54.2. The molecule has 0 saturated heterocycles. The van der Waals surface area contributed by atoms with Gasteiger partial charge in [0, 0.05) is 19.3 Å². The Morgan fingerprint density at radius 3 is 0.881 bits per heavy atom. The molecule has 0 unspecified atom stereocenters. The predicted molar refractivity (Wildman–Crippen MR) is 289 cm³/mol. The molecule has 6 nitrogen and oxygen atoms in total. The van der Waals surface area contributed by atoms with Crippen LogP contribution in [0.1, 0.15) is 303 Å². The maximum Gasteiger partial charge on any atom is 0.306 e. The van der Waals surface area contributed by atoms with Gasteiger partial charge in [-0.25, -0.2) is 0 Å². The lowest BCUT2D eigenvalue weighted by atomic mass is 10.1. The Kier molecular flexibility index (Phi) is 53.8. The highest BCUT2D eigenvalue weighted by Gasteiger charge is 2.19. The fraction of sp³-hybridized carbons (Fsp3) is 0.820. The summed E-state index contributed by atoms with van der Waals surface area (Å²) in [6.45, 7) is 6.62. The first-order valence-electron chi connectivity index (χ1n) is 29.1. The molecular weight excluding hydrogens is 829 g/mol. The van der Waals surface area contributed by atoms with Gasteiger partial charge in [0.15, 0.2) is 6.10 Å². The van der Waals surface area contributed by atoms with Gasteiger partial charge >= 0.3 is 17.9 Å². The quantitative estimate of drug-likeness (QED) is 0.0262. The summed E-state index contributed by atoms with van der Waals surface area (Å²) in [6, 6.07) is 0. The topological polar surface area (TPSA) is 78.9 Å². The number of carbonyl (C=O) groups is 3. The molecule has 0 rings (SSSR count). The van der Waals surface area contributed by atoms with Crippen molar-refractivity contribution in [3.63, 3.8) is 0 Å². The second-order valence-corrected chi connectivity index (χ2v) is 19.6. The molecule has 0 N–H and O–H groups in total. The maximum absolute atomic E-state index is 12.9. The monoisotopic (exact) mass is 939 g/mol. The first-order chi connectivity index (χ1) is 33.0. The highest BCUT2D eigenvalue weighted by Crippen LogP contribution is 2.16. The molecule has 0 aliphatic heterocycles. The lowest BCUT2D eigenvalue weighted by molar-refractivity contribution is -0.167. The molecule has 0 bridgehead atoms. The molecule has 0 amide bonds. The van der Waals surface area contributed by atoms with Gasteiger partial charge in [-0.05, 0) is 83.5 Å². The number of esters is 3. The SMILES string of the molecule is CCCCC/C=C\C/C=C\C/C=C\CCCCCCCCC(=O)OC[C@@H](COC(=O)CCCCCCCCCCCCC)OC(=O)CCCCCCCCC/C=C\CCCCCCCCCC. The molecule has 67 heavy (non-hydrogen) atoms. The van der Waals surface area contributed by atoms with Gasteiger partial charge in [-0.1, -0.05) is 249 Å². The second kappa shape index (κ2) is 56.0. The Morgan fingerprint density at radius 1 is 0.299 bits per heavy atom. The number of unbranched alkanes of at least 4 members (excludes halogenated alkanes) is 34. The van der Waals surface area contributed by atoms with Gasteiger partial charge in [0.2, 0.25) is 0 Å². The zero-order valence-electron chi connectivity index (χ0n) is 44.7. The lowest BCUT2D eigenvalue weighted by Gasteiger charge is -2.18. The van der Waals surface area contributed by atoms with Crippen LogP contribution >= 0.6 is 0 Å². The molecule has 0 aliphatic carbocycles. The predicted octanol–water partition coefficient (Wildman–Crippen LogP) is 19.4. The first kappa shape index (κ1) is 64.4. The van der Waals surface area contributed by atoms with Gasteiger partial charge in [0.25, 0.3) is 0 Å². The van der Waals surface area contributed by atoms with E-state index in [1.165, 1.54) is 186 Å². The summed E-state index contributed by atoms with van der Waals surface area (Å²) in [6.07, 6.45) is 68.1. The van der Waals surface area contributed by atoms with Crippen molar-refractivity contribution in [3.8, 4) is 0 Å². The van der Waals surface area contributed by atoms with Gasteiger partial charge in [-0.3, -0.25) is 14.4 Å². The Labute approximate surface area is 416 Å². The van der Waals surface area contributed by atoms with E-state index in [0.29, 0.717) is 19.3 Å². The van der Waals surface area contributed by atoms with Crippen LogP contribution < -0.4 is 0 Å². The summed E-state index contributed by atoms with van der Waals surface area (Å²) in [5.41, 5.74) is 0. The number of allylic oxidation sites excluding steroid dienone is 8. The number of hydrogen-bond acceptors (Lipinski definition) is 6. The Bertz CT molecular complexity index is 1170. The molecule has 0 radical (unpaired) electrons. The van der Waals surface area contributed by atoms with Crippen LogP contribution in [0.2, 0.25) is 0 Å². The van der Waals surface area contributed by atoms with Crippen LogP contribution in [0.4, 0.5) is 0 Å². The van der Waals surface area contributed by atoms with E-state index in [1.807, 2.05) is 0 Å². The fourth-order valence-corrected chi connectivity index (χ4v) is 8.39. The van der Waals surface area contributed by atoms with Crippen LogP contribution in [0.25, 0.3) is 0 Å². The van der Waals surface area contributed by atoms with Crippen LogP contribution in [0.5, 0.6) is 0 Å². The van der Waals surface area contributed by atoms with E-state index in [0.717, 1.165) is 77.0 Å². The van der Waals surface area contributed by atoms with Crippen LogP contribution in [0, 0.1) is 0 Å². The zero-order chi connectivity index (χ0) is 48.6. The molecule has 0 aliphatic rings. The Balaban J connectivity index is 4.34. The van der Waals surface area contributed by atoms with E-state index >= 15 is 0 Å². The average Bonchev–Trinajstić information content (AvgIpc) is 3.33. The highest BCUT2D eigenvalue weighted by atomic mass is 16.6. The van der Waals surface area contributed by atoms with E-state index in [9.17, 15) is 14.4 Å². The Hall–Kier alpha value is -2.63. The van der Waals surface area contributed by atoms with Crippen molar-refractivity contribution < 1.29 is 28.6 Å². The van der Waals surface area contributed by atoms with Crippen molar-refractivity contribution in [2.75, 3.05) is 13.2 Å². The standard InChI is InChI=1S/C61H110O6/c1-4-7-10-13-16-19-22-24-26-28-30-32-34-36-39-42-45-48-51-54-60(63)66-57-58(56-65-59(62)53-50-47-44-41-38-21-18-15-12-9-6-3)67-61(64)55-52-49-46-43-40-37-35-33-31-29-27-25-23-20-17-14-11-8-5-2/h16,19,24,26,29-32,58H,4-15,17-18,20-23,25,27-28,33-57H2,1-3H3/b19-16-,26-24-,31-29-,32-30-/t58-/m1/s1. The second-order valence-electron chi connectivity index (χ2n) is 19.6. The van der Waals surface area contributed by atoms with E-state index < -0.39 is 6.10 Å². The average molecular weight is 940 g/mol. The van der Waals surface area contributed by atoms with E-state index in [-0.39, 0.29) is 31.1 Å². The molecular formula is C61H110O6. The number of ether oxygens (including phenoxy) is 3. The van der Waals surface area contributed by atoms with Crippen LogP contribution in [0.3, 0.4) is 0 Å². The largest absolute Gasteiger partial charge is 0.462 e. The molecule has 0 aromatic rings. The Morgan fingerprint density at radius 2 is 0.537 bits per heavy atom. The summed E-state index contributed by atoms with van der Waals surface area (Å²) >= 11 is 0. The van der Waals surface area contributed by atoms with Gasteiger partial charge in [-0.2, -0.15) is 0 Å². The van der Waals surface area contributed by atoms with Crippen molar-refractivity contribution in [1.29, 1.82) is 0 Å². The van der Waals surface area contributed by atoms with E-state index in [2.05, 4.69) is 69.4 Å². The van der Waals surface area contributed by atoms with E-state index in [1.54, 1.807) is 0 Å². The molecule has 1 atom stereocenters. The molecule has 390 valence electrons. The molecule has 0 heterocycles. The normalized spacial score (nSPS) is 12.3. The van der Waals surface area contributed by atoms with Crippen molar-refractivity contribution in [2.24, 2.45) is 0 Å². The summed E-state index contributed by atoms with van der Waals surface area (Å²) in [7, 11) is 0. The fourth-order valence-electron chi connectivity index (χ4n) is 8.39. The third-order valence-corrected chi connectivity index (χ3v) is 12.8. The molecule has 0 saturated carbocycles. The van der Waals surface area contributed by atoms with Gasteiger partial charge in [0.05, 0.1) is 0 Å². The minimum Gasteiger partial charge on any atom is -0.462 e. The van der Waals surface area contributed by atoms with Crippen molar-refractivity contribution in [3.05, 3.63) is 48.6 Å². The van der Waals surface area contributed by atoms with Crippen molar-refractivity contribution >= 4 is 17.9 Å². The minimum absolute atomic E-state index is 0.0764. The third-order valence-electron chi connectivity index (χ3n) is 12.8. The molecule has 0 aromatic heterocycles. The van der Waals surface area contributed by atoms with Crippen LogP contribution in [-0.4, -0.2) is 37.2 Å². The number of rotatable bonds is 53. The zero-order valence-corrected chi connectivity index (χ0v) is 44.7. The van der Waals surface area contributed by atoms with Gasteiger partial charge < -0.3 is 14.2 Å². The highest BCUT2D eigenvalue weighted by molar-refractivity contribution is 5.71. The van der Waals surface area contributed by atoms with E-state index in [4.69, 9.17) is 14.2 Å². The lowest BCUT2D eigenvalue weighted by Crippen LogP contribution is -2.30. The van der Waals surface area contributed by atoms with Gasteiger partial charge in [0.1, 0.15) is 13.2 Å². The van der Waals surface area contributed by atoms with Crippen LogP contribution in [0.15, 0.2) is 48.6 Å².